The average molecular weight is 386 g/mol. The number of likely N-dealkylation sites (tertiary alicyclic amines) is 1. The Labute approximate surface area is 164 Å². The van der Waals surface area contributed by atoms with E-state index in [0.29, 0.717) is 36.2 Å². The zero-order chi connectivity index (χ0) is 19.3. The van der Waals surface area contributed by atoms with Gasteiger partial charge in [0.2, 0.25) is 17.6 Å². The maximum atomic E-state index is 13.4. The molecule has 4 rings (SSSR count). The van der Waals surface area contributed by atoms with E-state index in [4.69, 9.17) is 4.52 Å². The number of hydrogen-bond acceptors (Lipinski definition) is 5. The number of benzene rings is 1. The lowest BCUT2D eigenvalue weighted by molar-refractivity contribution is -0.132. The van der Waals surface area contributed by atoms with Crippen LogP contribution in [0.5, 0.6) is 0 Å². The number of nitrogens with zero attached hydrogens (tertiary/aromatic N) is 3. The molecule has 2 aliphatic rings. The summed E-state index contributed by atoms with van der Waals surface area (Å²) < 4.78 is 18.9. The summed E-state index contributed by atoms with van der Waals surface area (Å²) in [5, 5.41) is 7.38. The molecule has 1 unspecified atom stereocenters. The largest absolute Gasteiger partial charge is 0.342 e. The van der Waals surface area contributed by atoms with E-state index in [1.165, 1.54) is 25.0 Å². The van der Waals surface area contributed by atoms with Gasteiger partial charge in [-0.1, -0.05) is 17.3 Å². The van der Waals surface area contributed by atoms with E-state index in [1.54, 1.807) is 12.1 Å². The third-order valence-corrected chi connectivity index (χ3v) is 5.87. The summed E-state index contributed by atoms with van der Waals surface area (Å²) in [5.41, 5.74) is 0.598. The molecule has 1 atom stereocenters. The minimum atomic E-state index is -0.327. The number of halogens is 1. The molecule has 6 nitrogen and oxygen atoms in total. The number of amides is 1. The molecule has 1 aromatic heterocycles. The Morgan fingerprint density at radius 1 is 1.29 bits per heavy atom. The number of piperidine rings is 2. The molecular formula is C21H27FN4O2. The molecule has 1 N–H and O–H groups in total. The predicted octanol–water partition coefficient (Wildman–Crippen LogP) is 3.36. The van der Waals surface area contributed by atoms with E-state index in [0.717, 1.165) is 38.9 Å². The van der Waals surface area contributed by atoms with E-state index < -0.39 is 0 Å². The van der Waals surface area contributed by atoms with Gasteiger partial charge >= 0.3 is 0 Å². The summed E-state index contributed by atoms with van der Waals surface area (Å²) in [6.07, 6.45) is 5.79. The third-order valence-electron chi connectivity index (χ3n) is 5.87. The zero-order valence-corrected chi connectivity index (χ0v) is 16.1. The highest BCUT2D eigenvalue weighted by Gasteiger charge is 2.29. The molecule has 28 heavy (non-hydrogen) atoms. The van der Waals surface area contributed by atoms with Gasteiger partial charge in [0.05, 0.1) is 5.92 Å². The fourth-order valence-electron chi connectivity index (χ4n) is 4.21. The minimum Gasteiger partial charge on any atom is -0.342 e. The topological polar surface area (TPSA) is 71.3 Å². The minimum absolute atomic E-state index is 0.0476. The van der Waals surface area contributed by atoms with E-state index in [-0.39, 0.29) is 17.6 Å². The van der Waals surface area contributed by atoms with Gasteiger partial charge in [0.15, 0.2) is 0 Å². The molecule has 1 amide bonds. The van der Waals surface area contributed by atoms with Crippen molar-refractivity contribution in [1.82, 2.24) is 20.4 Å². The van der Waals surface area contributed by atoms with Crippen LogP contribution in [0.3, 0.4) is 0 Å². The molecule has 2 aliphatic heterocycles. The molecule has 2 saturated heterocycles. The normalized spacial score (nSPS) is 21.0. The fraction of sp³-hybridized carbons (Fsp3) is 0.571. The van der Waals surface area contributed by atoms with Gasteiger partial charge in [-0.05, 0) is 63.2 Å². The Bertz CT molecular complexity index is 803. The Kier molecular flexibility index (Phi) is 6.00. The molecule has 0 spiro atoms. The first kappa shape index (κ1) is 19.1. The van der Waals surface area contributed by atoms with Crippen LogP contribution in [0.1, 0.15) is 50.3 Å². The summed E-state index contributed by atoms with van der Waals surface area (Å²) in [6.45, 7) is 3.55. The van der Waals surface area contributed by atoms with Crippen molar-refractivity contribution in [2.45, 2.75) is 44.4 Å². The Morgan fingerprint density at radius 3 is 2.96 bits per heavy atom. The van der Waals surface area contributed by atoms with Crippen molar-refractivity contribution in [3.8, 4) is 11.4 Å². The molecule has 3 heterocycles. The van der Waals surface area contributed by atoms with Gasteiger partial charge in [-0.25, -0.2) is 4.39 Å². The second-order valence-electron chi connectivity index (χ2n) is 7.88. The van der Waals surface area contributed by atoms with Crippen LogP contribution in [0, 0.1) is 11.7 Å². The molecule has 1 aromatic carbocycles. The van der Waals surface area contributed by atoms with Crippen molar-refractivity contribution in [3.63, 3.8) is 0 Å². The maximum absolute atomic E-state index is 13.4. The first-order valence-corrected chi connectivity index (χ1v) is 10.3. The molecule has 0 radical (unpaired) electrons. The van der Waals surface area contributed by atoms with E-state index in [2.05, 4.69) is 15.5 Å². The molecule has 0 saturated carbocycles. The number of carbonyl (C=O) groups excluding carboxylic acids is 1. The predicted molar refractivity (Wildman–Crippen MR) is 103 cm³/mol. The van der Waals surface area contributed by atoms with Gasteiger partial charge in [-0.3, -0.25) is 4.79 Å². The van der Waals surface area contributed by atoms with E-state index in [9.17, 15) is 9.18 Å². The standard InChI is InChI=1S/C21H27FN4O2/c22-18-5-1-3-16(13-18)20-24-21(28-25-20)17-4-2-12-26(14-17)19(27)7-6-15-8-10-23-11-9-15/h1,3,5,13,15,17,23H,2,4,6-12,14H2. The lowest BCUT2D eigenvalue weighted by Gasteiger charge is -2.31. The van der Waals surface area contributed by atoms with Gasteiger partial charge < -0.3 is 14.7 Å². The van der Waals surface area contributed by atoms with Crippen molar-refractivity contribution in [2.24, 2.45) is 5.92 Å². The van der Waals surface area contributed by atoms with Crippen molar-refractivity contribution in [2.75, 3.05) is 26.2 Å². The van der Waals surface area contributed by atoms with Crippen molar-refractivity contribution >= 4 is 5.91 Å². The second-order valence-corrected chi connectivity index (χ2v) is 7.88. The molecule has 2 fully saturated rings. The van der Waals surface area contributed by atoms with Crippen molar-refractivity contribution in [3.05, 3.63) is 36.0 Å². The number of carbonyl (C=O) groups is 1. The monoisotopic (exact) mass is 386 g/mol. The lowest BCUT2D eigenvalue weighted by Crippen LogP contribution is -2.39. The van der Waals surface area contributed by atoms with Crippen LogP contribution in [0.25, 0.3) is 11.4 Å². The zero-order valence-electron chi connectivity index (χ0n) is 16.1. The van der Waals surface area contributed by atoms with Gasteiger partial charge in [-0.2, -0.15) is 4.98 Å². The molecular weight excluding hydrogens is 359 g/mol. The number of rotatable bonds is 5. The molecule has 7 heteroatoms. The van der Waals surface area contributed by atoms with Crippen LogP contribution in [-0.4, -0.2) is 47.1 Å². The quantitative estimate of drug-likeness (QED) is 0.853. The van der Waals surface area contributed by atoms with Crippen LogP contribution in [0.2, 0.25) is 0 Å². The smallest absolute Gasteiger partial charge is 0.231 e. The summed E-state index contributed by atoms with van der Waals surface area (Å²) in [6, 6.07) is 6.17. The maximum Gasteiger partial charge on any atom is 0.231 e. The van der Waals surface area contributed by atoms with Gasteiger partial charge in [0, 0.05) is 25.1 Å². The van der Waals surface area contributed by atoms with Crippen LogP contribution in [0.15, 0.2) is 28.8 Å². The number of nitrogens with one attached hydrogen (secondary N) is 1. The molecule has 2 aromatic rings. The highest BCUT2D eigenvalue weighted by atomic mass is 19.1. The van der Waals surface area contributed by atoms with Crippen LogP contribution >= 0.6 is 0 Å². The van der Waals surface area contributed by atoms with Crippen LogP contribution in [-0.2, 0) is 4.79 Å². The summed E-state index contributed by atoms with van der Waals surface area (Å²) in [7, 11) is 0. The van der Waals surface area contributed by atoms with E-state index in [1.807, 2.05) is 4.90 Å². The van der Waals surface area contributed by atoms with Crippen LogP contribution < -0.4 is 5.32 Å². The fourth-order valence-corrected chi connectivity index (χ4v) is 4.21. The van der Waals surface area contributed by atoms with Gasteiger partial charge in [-0.15, -0.1) is 0 Å². The summed E-state index contributed by atoms with van der Waals surface area (Å²) in [5.74, 6) is 1.54. The average Bonchev–Trinajstić information content (AvgIpc) is 3.23. The van der Waals surface area contributed by atoms with Crippen molar-refractivity contribution < 1.29 is 13.7 Å². The van der Waals surface area contributed by atoms with Gasteiger partial charge in [0.1, 0.15) is 5.82 Å². The molecule has 150 valence electrons. The summed E-state index contributed by atoms with van der Waals surface area (Å²) >= 11 is 0. The SMILES string of the molecule is O=C(CCC1CCNCC1)N1CCCC(c2nc(-c3cccc(F)c3)no2)C1. The lowest BCUT2D eigenvalue weighted by atomic mass is 9.92. The Balaban J connectivity index is 1.35. The first-order chi connectivity index (χ1) is 13.7. The van der Waals surface area contributed by atoms with Crippen LogP contribution in [0.4, 0.5) is 4.39 Å². The highest BCUT2D eigenvalue weighted by molar-refractivity contribution is 5.76. The second kappa shape index (κ2) is 8.82. The van der Waals surface area contributed by atoms with E-state index >= 15 is 0 Å². The van der Waals surface area contributed by atoms with Crippen molar-refractivity contribution in [1.29, 1.82) is 0 Å². The third kappa shape index (κ3) is 4.58. The number of hydrogen-bond donors (Lipinski definition) is 1. The first-order valence-electron chi connectivity index (χ1n) is 10.3. The molecule has 0 aliphatic carbocycles. The van der Waals surface area contributed by atoms with Gasteiger partial charge in [0.25, 0.3) is 0 Å². The summed E-state index contributed by atoms with van der Waals surface area (Å²) in [4.78, 5) is 19.1. The number of aromatic nitrogens is 2. The molecule has 0 bridgehead atoms. The Morgan fingerprint density at radius 2 is 2.14 bits per heavy atom. The highest BCUT2D eigenvalue weighted by Crippen LogP contribution is 2.28. The Hall–Kier alpha value is -2.28.